The van der Waals surface area contributed by atoms with Crippen molar-refractivity contribution in [3.8, 4) is 0 Å². The van der Waals surface area contributed by atoms with E-state index in [2.05, 4.69) is 11.8 Å². The van der Waals surface area contributed by atoms with E-state index >= 15 is 0 Å². The highest BCUT2D eigenvalue weighted by molar-refractivity contribution is 6.30. The van der Waals surface area contributed by atoms with Crippen LogP contribution in [-0.2, 0) is 0 Å². The highest BCUT2D eigenvalue weighted by Crippen LogP contribution is 2.20. The summed E-state index contributed by atoms with van der Waals surface area (Å²) in [6.45, 7) is 4.26. The van der Waals surface area contributed by atoms with Gasteiger partial charge in [-0.05, 0) is 56.6 Å². The lowest BCUT2D eigenvalue weighted by molar-refractivity contribution is 0.0837. The minimum atomic E-state index is 0.0543. The second-order valence-electron chi connectivity index (χ2n) is 4.92. The normalized spacial score (nSPS) is 17.9. The SMILES string of the molecule is CCC[C@H](C(=O)c1ccc(Cl)cc1)N1CCCC1. The van der Waals surface area contributed by atoms with Gasteiger partial charge in [0.25, 0.3) is 0 Å². The largest absolute Gasteiger partial charge is 0.293 e. The van der Waals surface area contributed by atoms with E-state index in [4.69, 9.17) is 11.6 Å². The number of Topliss-reactive ketones (excluding diaryl/α,β-unsaturated/α-hetero) is 1. The summed E-state index contributed by atoms with van der Waals surface area (Å²) in [4.78, 5) is 14.9. The van der Waals surface area contributed by atoms with E-state index in [0.717, 1.165) is 31.5 Å². The van der Waals surface area contributed by atoms with Crippen LogP contribution >= 0.6 is 11.6 Å². The van der Waals surface area contributed by atoms with Crippen molar-refractivity contribution in [1.29, 1.82) is 0 Å². The summed E-state index contributed by atoms with van der Waals surface area (Å²) in [6.07, 6.45) is 4.42. The Morgan fingerprint density at radius 1 is 1.28 bits per heavy atom. The molecule has 0 radical (unpaired) electrons. The molecular formula is C15H20ClNO. The van der Waals surface area contributed by atoms with Crippen molar-refractivity contribution >= 4 is 17.4 Å². The van der Waals surface area contributed by atoms with E-state index in [1.54, 1.807) is 12.1 Å². The molecular weight excluding hydrogens is 246 g/mol. The summed E-state index contributed by atoms with van der Waals surface area (Å²) in [7, 11) is 0. The van der Waals surface area contributed by atoms with Crippen LogP contribution in [0.1, 0.15) is 43.0 Å². The third-order valence-electron chi connectivity index (χ3n) is 3.57. The van der Waals surface area contributed by atoms with E-state index in [0.29, 0.717) is 5.02 Å². The van der Waals surface area contributed by atoms with Crippen molar-refractivity contribution in [3.63, 3.8) is 0 Å². The van der Waals surface area contributed by atoms with Crippen LogP contribution in [-0.4, -0.2) is 29.8 Å². The van der Waals surface area contributed by atoms with Crippen LogP contribution in [0.15, 0.2) is 24.3 Å². The predicted molar refractivity (Wildman–Crippen MR) is 75.3 cm³/mol. The number of hydrogen-bond acceptors (Lipinski definition) is 2. The number of nitrogens with zero attached hydrogens (tertiary/aromatic N) is 1. The van der Waals surface area contributed by atoms with Gasteiger partial charge in [-0.2, -0.15) is 0 Å². The van der Waals surface area contributed by atoms with Crippen LogP contribution in [0.4, 0.5) is 0 Å². The lowest BCUT2D eigenvalue weighted by Gasteiger charge is -2.26. The van der Waals surface area contributed by atoms with Crippen LogP contribution in [0.25, 0.3) is 0 Å². The quantitative estimate of drug-likeness (QED) is 0.755. The van der Waals surface area contributed by atoms with Crippen LogP contribution < -0.4 is 0 Å². The molecule has 0 N–H and O–H groups in total. The standard InChI is InChI=1S/C15H20ClNO/c1-2-5-14(17-10-3-4-11-17)15(18)12-6-8-13(16)9-7-12/h6-9,14H,2-5,10-11H2,1H3/t14-/m1/s1. The van der Waals surface area contributed by atoms with E-state index in [9.17, 15) is 4.79 Å². The van der Waals surface area contributed by atoms with E-state index < -0.39 is 0 Å². The predicted octanol–water partition coefficient (Wildman–Crippen LogP) is 3.79. The van der Waals surface area contributed by atoms with E-state index in [-0.39, 0.29) is 11.8 Å². The van der Waals surface area contributed by atoms with Gasteiger partial charge < -0.3 is 0 Å². The molecule has 1 aliphatic heterocycles. The van der Waals surface area contributed by atoms with E-state index in [1.807, 2.05) is 12.1 Å². The number of carbonyl (C=O) groups excluding carboxylic acids is 1. The molecule has 0 aromatic heterocycles. The van der Waals surface area contributed by atoms with Crippen molar-refractivity contribution in [3.05, 3.63) is 34.9 Å². The number of hydrogen-bond donors (Lipinski definition) is 0. The molecule has 1 aliphatic rings. The number of benzene rings is 1. The van der Waals surface area contributed by atoms with Crippen molar-refractivity contribution in [2.24, 2.45) is 0 Å². The lowest BCUT2D eigenvalue weighted by Crippen LogP contribution is -2.39. The maximum Gasteiger partial charge on any atom is 0.179 e. The number of halogens is 1. The maximum atomic E-state index is 12.5. The molecule has 1 aromatic carbocycles. The molecule has 3 heteroatoms. The molecule has 1 heterocycles. The molecule has 2 rings (SSSR count). The van der Waals surface area contributed by atoms with Crippen LogP contribution in [0.2, 0.25) is 5.02 Å². The molecule has 18 heavy (non-hydrogen) atoms. The number of rotatable bonds is 5. The topological polar surface area (TPSA) is 20.3 Å². The van der Waals surface area contributed by atoms with Crippen LogP contribution in [0.3, 0.4) is 0 Å². The summed E-state index contributed by atoms with van der Waals surface area (Å²) in [6, 6.07) is 7.31. The Kier molecular flexibility index (Phi) is 4.79. The molecule has 1 aromatic rings. The van der Waals surface area contributed by atoms with Gasteiger partial charge in [0, 0.05) is 10.6 Å². The lowest BCUT2D eigenvalue weighted by atomic mass is 9.99. The molecule has 2 nitrogen and oxygen atoms in total. The fourth-order valence-electron chi connectivity index (χ4n) is 2.61. The van der Waals surface area contributed by atoms with Gasteiger partial charge in [-0.15, -0.1) is 0 Å². The zero-order valence-electron chi connectivity index (χ0n) is 10.9. The van der Waals surface area contributed by atoms with Gasteiger partial charge in [-0.25, -0.2) is 0 Å². The molecule has 0 spiro atoms. The highest BCUT2D eigenvalue weighted by Gasteiger charge is 2.27. The summed E-state index contributed by atoms with van der Waals surface area (Å²) < 4.78 is 0. The first-order valence-corrected chi connectivity index (χ1v) is 7.14. The van der Waals surface area contributed by atoms with Gasteiger partial charge in [-0.3, -0.25) is 9.69 Å². The zero-order valence-corrected chi connectivity index (χ0v) is 11.6. The van der Waals surface area contributed by atoms with Crippen molar-refractivity contribution in [2.75, 3.05) is 13.1 Å². The summed E-state index contributed by atoms with van der Waals surface area (Å²) in [5.74, 6) is 0.246. The average Bonchev–Trinajstić information content (AvgIpc) is 2.90. The van der Waals surface area contributed by atoms with Crippen molar-refractivity contribution in [1.82, 2.24) is 4.90 Å². The van der Waals surface area contributed by atoms with Gasteiger partial charge >= 0.3 is 0 Å². The summed E-state index contributed by atoms with van der Waals surface area (Å²) in [5.41, 5.74) is 0.782. The van der Waals surface area contributed by atoms with Gasteiger partial charge in [0.15, 0.2) is 5.78 Å². The van der Waals surface area contributed by atoms with Crippen molar-refractivity contribution < 1.29 is 4.79 Å². The molecule has 0 bridgehead atoms. The summed E-state index contributed by atoms with van der Waals surface area (Å²) in [5, 5.41) is 0.680. The second-order valence-corrected chi connectivity index (χ2v) is 5.36. The van der Waals surface area contributed by atoms with Crippen LogP contribution in [0.5, 0.6) is 0 Å². The number of likely N-dealkylation sites (tertiary alicyclic amines) is 1. The first-order valence-electron chi connectivity index (χ1n) is 6.76. The smallest absolute Gasteiger partial charge is 0.179 e. The fraction of sp³-hybridized carbons (Fsp3) is 0.533. The van der Waals surface area contributed by atoms with Gasteiger partial charge in [0.05, 0.1) is 6.04 Å². The molecule has 1 atom stereocenters. The molecule has 0 amide bonds. The zero-order chi connectivity index (χ0) is 13.0. The third-order valence-corrected chi connectivity index (χ3v) is 3.83. The molecule has 0 unspecified atom stereocenters. The minimum absolute atomic E-state index is 0.0543. The first-order chi connectivity index (χ1) is 8.72. The van der Waals surface area contributed by atoms with Crippen LogP contribution in [0, 0.1) is 0 Å². The maximum absolute atomic E-state index is 12.5. The Morgan fingerprint density at radius 2 is 1.89 bits per heavy atom. The Bertz CT molecular complexity index is 395. The molecule has 98 valence electrons. The molecule has 0 saturated carbocycles. The number of ketones is 1. The molecule has 1 saturated heterocycles. The Labute approximate surface area is 114 Å². The number of carbonyl (C=O) groups is 1. The molecule has 1 fully saturated rings. The Balaban J connectivity index is 2.14. The minimum Gasteiger partial charge on any atom is -0.293 e. The fourth-order valence-corrected chi connectivity index (χ4v) is 2.74. The first kappa shape index (κ1) is 13.6. The Morgan fingerprint density at radius 3 is 2.44 bits per heavy atom. The van der Waals surface area contributed by atoms with Gasteiger partial charge in [0.1, 0.15) is 0 Å². The summed E-state index contributed by atoms with van der Waals surface area (Å²) >= 11 is 5.86. The molecule has 0 aliphatic carbocycles. The average molecular weight is 266 g/mol. The second kappa shape index (κ2) is 6.35. The van der Waals surface area contributed by atoms with Gasteiger partial charge in [0.2, 0.25) is 0 Å². The third kappa shape index (κ3) is 3.12. The van der Waals surface area contributed by atoms with E-state index in [1.165, 1.54) is 12.8 Å². The van der Waals surface area contributed by atoms with Gasteiger partial charge in [-0.1, -0.05) is 24.9 Å². The highest BCUT2D eigenvalue weighted by atomic mass is 35.5. The van der Waals surface area contributed by atoms with Crippen molar-refractivity contribution in [2.45, 2.75) is 38.6 Å². The monoisotopic (exact) mass is 265 g/mol. The Hall–Kier alpha value is -0.860.